The van der Waals surface area contributed by atoms with E-state index in [9.17, 15) is 14.4 Å². The van der Waals surface area contributed by atoms with E-state index in [1.54, 1.807) is 6.92 Å². The Labute approximate surface area is 293 Å². The van der Waals surface area contributed by atoms with E-state index in [0.29, 0.717) is 0 Å². The zero-order valence-corrected chi connectivity index (χ0v) is 31.6. The lowest BCUT2D eigenvalue weighted by Crippen LogP contribution is -2.69. The van der Waals surface area contributed by atoms with Gasteiger partial charge in [0.2, 0.25) is 5.91 Å². The summed E-state index contributed by atoms with van der Waals surface area (Å²) in [5.41, 5.74) is 0.577. The summed E-state index contributed by atoms with van der Waals surface area (Å²) in [4.78, 5) is 38.0. The summed E-state index contributed by atoms with van der Waals surface area (Å²) in [6.45, 7) is 16.0. The number of fused-ring (bicyclic) bond motifs is 5. The fraction of sp³-hybridized carbons (Fsp3) is 0.585. The van der Waals surface area contributed by atoms with E-state index in [0.717, 1.165) is 44.2 Å². The molecule has 2 aromatic rings. The summed E-state index contributed by atoms with van der Waals surface area (Å²) >= 11 is 0. The molecule has 0 radical (unpaired) electrons. The molecule has 3 saturated carbocycles. The lowest BCUT2D eigenvalue weighted by atomic mass is 9.43. The Morgan fingerprint density at radius 2 is 1.35 bits per heavy atom. The Kier molecular flexibility index (Phi) is 9.55. The molecule has 49 heavy (non-hydrogen) atoms. The predicted octanol–water partition coefficient (Wildman–Crippen LogP) is 6.69. The summed E-state index contributed by atoms with van der Waals surface area (Å²) in [5.74, 6) is -0.428. The van der Waals surface area contributed by atoms with Crippen LogP contribution in [0.2, 0.25) is 5.04 Å². The summed E-state index contributed by atoms with van der Waals surface area (Å²) in [6.07, 6.45) is 6.18. The fourth-order valence-electron chi connectivity index (χ4n) is 10.9. The van der Waals surface area contributed by atoms with Crippen molar-refractivity contribution in [3.05, 3.63) is 72.4 Å². The first-order valence-electron chi connectivity index (χ1n) is 18.2. The number of ether oxygens (including phenoxy) is 2. The average molecular weight is 686 g/mol. The van der Waals surface area contributed by atoms with Gasteiger partial charge < -0.3 is 19.2 Å². The van der Waals surface area contributed by atoms with Crippen molar-refractivity contribution in [1.82, 2.24) is 5.32 Å². The number of esters is 2. The minimum Gasteiger partial charge on any atom is -0.458 e. The minimum atomic E-state index is -2.83. The second-order valence-electron chi connectivity index (χ2n) is 16.7. The van der Waals surface area contributed by atoms with Crippen LogP contribution in [0.4, 0.5) is 0 Å². The molecule has 7 nitrogen and oxygen atoms in total. The molecule has 0 unspecified atom stereocenters. The predicted molar refractivity (Wildman–Crippen MR) is 193 cm³/mol. The molecule has 8 heteroatoms. The Morgan fingerprint density at radius 3 is 1.88 bits per heavy atom. The lowest BCUT2D eigenvalue weighted by Gasteiger charge is -2.64. The highest BCUT2D eigenvalue weighted by Crippen LogP contribution is 2.67. The highest BCUT2D eigenvalue weighted by molar-refractivity contribution is 6.99. The van der Waals surface area contributed by atoms with E-state index in [4.69, 9.17) is 13.9 Å². The fourth-order valence-corrected chi connectivity index (χ4v) is 15.6. The molecular formula is C41H55NO6Si. The van der Waals surface area contributed by atoms with Crippen LogP contribution in [0.15, 0.2) is 72.4 Å². The van der Waals surface area contributed by atoms with Gasteiger partial charge in [0.25, 0.3) is 8.32 Å². The van der Waals surface area contributed by atoms with Gasteiger partial charge in [-0.1, -0.05) is 101 Å². The van der Waals surface area contributed by atoms with Gasteiger partial charge in [0.05, 0.1) is 0 Å². The number of carbonyl (C=O) groups excluding carboxylic acids is 3. The van der Waals surface area contributed by atoms with E-state index < -0.39 is 20.5 Å². The third-order valence-electron chi connectivity index (χ3n) is 12.9. The van der Waals surface area contributed by atoms with Gasteiger partial charge in [-0.15, -0.1) is 0 Å². The minimum absolute atomic E-state index is 0.00935. The van der Waals surface area contributed by atoms with Crippen molar-refractivity contribution in [2.24, 2.45) is 34.5 Å². The summed E-state index contributed by atoms with van der Waals surface area (Å²) in [6, 6.07) is 21.5. The molecule has 0 heterocycles. The van der Waals surface area contributed by atoms with Crippen molar-refractivity contribution in [1.29, 1.82) is 0 Å². The van der Waals surface area contributed by atoms with Crippen LogP contribution in [0.1, 0.15) is 93.9 Å². The van der Waals surface area contributed by atoms with Crippen LogP contribution < -0.4 is 15.7 Å². The van der Waals surface area contributed by atoms with Crippen LogP contribution in [0.3, 0.4) is 0 Å². The Hall–Kier alpha value is -3.23. The van der Waals surface area contributed by atoms with Crippen molar-refractivity contribution in [2.75, 3.05) is 0 Å². The van der Waals surface area contributed by atoms with Crippen molar-refractivity contribution in [2.45, 2.75) is 117 Å². The molecule has 0 aromatic heterocycles. The van der Waals surface area contributed by atoms with E-state index in [-0.39, 0.29) is 63.5 Å². The number of hydrogen-bond acceptors (Lipinski definition) is 6. The number of nitrogens with one attached hydrogen (secondary N) is 1. The van der Waals surface area contributed by atoms with Gasteiger partial charge in [-0.2, -0.15) is 0 Å². The van der Waals surface area contributed by atoms with Gasteiger partial charge in [-0.25, -0.2) is 0 Å². The topological polar surface area (TPSA) is 90.9 Å². The van der Waals surface area contributed by atoms with Gasteiger partial charge in [0, 0.05) is 49.8 Å². The molecule has 3 fully saturated rings. The molecule has 0 aliphatic heterocycles. The SMILES string of the molecule is CC(=O)NC1=CC[C@H]2[C@@H]3[C@@H](OC(C)=O)[C@H](OC(C)=O)[C@H]4C[C@@H](O[Si](c5ccccc5)(c5ccccc5)C(C)(C)C)CC[C@]4(C)[C@H]3CC[C@]12C. The second-order valence-corrected chi connectivity index (χ2v) is 21.0. The van der Waals surface area contributed by atoms with Crippen LogP contribution in [-0.2, 0) is 28.3 Å². The molecule has 264 valence electrons. The first-order valence-corrected chi connectivity index (χ1v) is 20.1. The molecular weight excluding hydrogens is 631 g/mol. The molecule has 0 spiro atoms. The summed E-state index contributed by atoms with van der Waals surface area (Å²) in [7, 11) is -2.83. The van der Waals surface area contributed by atoms with Crippen LogP contribution in [0.5, 0.6) is 0 Å². The van der Waals surface area contributed by atoms with Gasteiger partial charge in [-0.3, -0.25) is 14.4 Å². The van der Waals surface area contributed by atoms with Crippen LogP contribution in [-0.4, -0.2) is 44.5 Å². The summed E-state index contributed by atoms with van der Waals surface area (Å²) < 4.78 is 20.3. The molecule has 1 N–H and O–H groups in total. The molecule has 2 aromatic carbocycles. The molecule has 4 aliphatic rings. The Morgan fingerprint density at radius 1 is 0.776 bits per heavy atom. The molecule has 9 atom stereocenters. The lowest BCUT2D eigenvalue weighted by molar-refractivity contribution is -0.237. The second kappa shape index (κ2) is 13.1. The van der Waals surface area contributed by atoms with Crippen molar-refractivity contribution >= 4 is 36.5 Å². The van der Waals surface area contributed by atoms with E-state index in [2.05, 4.69) is 107 Å². The zero-order chi connectivity index (χ0) is 35.4. The number of rotatable bonds is 7. The van der Waals surface area contributed by atoms with Crippen LogP contribution >= 0.6 is 0 Å². The molecule has 4 aliphatic carbocycles. The van der Waals surface area contributed by atoms with Crippen molar-refractivity contribution < 1.29 is 28.3 Å². The standard InChI is InChI=1S/C41H55NO6Si/c1-26(43)42-35-20-19-32-36-33(22-24-41(32,35)8)40(7)23-21-29(25-34(40)37(46-27(2)44)38(36)47-28(3)45)48-49(39(4,5)6,30-15-11-9-12-16-30)31-17-13-10-14-18-31/h9-18,20,29,32-34,36-38H,19,21-25H2,1-8H3,(H,42,43)/t29-,32-,33-,34+,36-,37+,38+,40+,41-/m0/s1. The molecule has 6 rings (SSSR count). The quantitative estimate of drug-likeness (QED) is 0.258. The zero-order valence-electron chi connectivity index (χ0n) is 30.6. The molecule has 0 bridgehead atoms. The van der Waals surface area contributed by atoms with Gasteiger partial charge in [-0.05, 0) is 71.2 Å². The maximum absolute atomic E-state index is 12.9. The highest BCUT2D eigenvalue weighted by Gasteiger charge is 2.67. The van der Waals surface area contributed by atoms with Crippen LogP contribution in [0, 0.1) is 34.5 Å². The van der Waals surface area contributed by atoms with Gasteiger partial charge >= 0.3 is 11.9 Å². The number of hydrogen-bond donors (Lipinski definition) is 1. The Balaban J connectivity index is 1.41. The number of amides is 1. The average Bonchev–Trinajstić information content (AvgIpc) is 3.36. The van der Waals surface area contributed by atoms with E-state index in [1.165, 1.54) is 24.2 Å². The van der Waals surface area contributed by atoms with Gasteiger partial charge in [0.1, 0.15) is 12.2 Å². The smallest absolute Gasteiger partial charge is 0.303 e. The third-order valence-corrected chi connectivity index (χ3v) is 18.0. The highest BCUT2D eigenvalue weighted by atomic mass is 28.4. The first kappa shape index (κ1) is 35.6. The number of benzene rings is 2. The van der Waals surface area contributed by atoms with Crippen molar-refractivity contribution in [3.63, 3.8) is 0 Å². The third kappa shape index (κ3) is 6.11. The number of carbonyl (C=O) groups is 3. The first-order chi connectivity index (χ1) is 23.1. The monoisotopic (exact) mass is 685 g/mol. The van der Waals surface area contributed by atoms with E-state index >= 15 is 0 Å². The molecule has 0 saturated heterocycles. The van der Waals surface area contributed by atoms with E-state index in [1.807, 2.05) is 0 Å². The van der Waals surface area contributed by atoms with Crippen LogP contribution in [0.25, 0.3) is 0 Å². The number of allylic oxidation sites excluding steroid dienone is 2. The van der Waals surface area contributed by atoms with Gasteiger partial charge in [0.15, 0.2) is 0 Å². The van der Waals surface area contributed by atoms with Crippen molar-refractivity contribution in [3.8, 4) is 0 Å². The Bertz CT molecular complexity index is 1550. The molecule has 1 amide bonds. The largest absolute Gasteiger partial charge is 0.458 e. The maximum Gasteiger partial charge on any atom is 0.303 e. The normalized spacial score (nSPS) is 34.0. The maximum atomic E-state index is 12.9. The summed E-state index contributed by atoms with van der Waals surface area (Å²) in [5, 5.41) is 5.45.